The van der Waals surface area contributed by atoms with Crippen LogP contribution in [-0.4, -0.2) is 0 Å². The van der Waals surface area contributed by atoms with Crippen LogP contribution in [0, 0.1) is 23.7 Å². The van der Waals surface area contributed by atoms with Gasteiger partial charge >= 0.3 is 0 Å². The van der Waals surface area contributed by atoms with Crippen LogP contribution in [0.3, 0.4) is 0 Å². The Hall–Kier alpha value is 0. The third-order valence-corrected chi connectivity index (χ3v) is 7.31. The fraction of sp³-hybridized carbons (Fsp3) is 1.00. The molecule has 0 unspecified atom stereocenters. The molecule has 2 rings (SSSR count). The van der Waals surface area contributed by atoms with E-state index in [1.165, 1.54) is 57.8 Å². The summed E-state index contributed by atoms with van der Waals surface area (Å²) in [6, 6.07) is 0. The van der Waals surface area contributed by atoms with E-state index in [1.807, 2.05) is 0 Å². The lowest BCUT2D eigenvalue weighted by Gasteiger charge is -2.38. The second kappa shape index (κ2) is 12.4. The van der Waals surface area contributed by atoms with Crippen molar-refractivity contribution >= 4 is 0 Å². The first-order valence-corrected chi connectivity index (χ1v) is 11.8. The molecule has 0 bridgehead atoms. The SMILES string of the molecule is CCCCCCCC1CCC([C@@H]2CCC[C@@H](CCCCC)C2)CC1. The summed E-state index contributed by atoms with van der Waals surface area (Å²) in [5.41, 5.74) is 0. The van der Waals surface area contributed by atoms with E-state index in [9.17, 15) is 0 Å². The Morgan fingerprint density at radius 1 is 0.542 bits per heavy atom. The Labute approximate surface area is 153 Å². The van der Waals surface area contributed by atoms with Crippen molar-refractivity contribution in [3.8, 4) is 0 Å². The first kappa shape index (κ1) is 20.3. The average molecular weight is 335 g/mol. The van der Waals surface area contributed by atoms with Crippen LogP contribution in [0.5, 0.6) is 0 Å². The maximum Gasteiger partial charge on any atom is -0.0383 e. The van der Waals surface area contributed by atoms with Gasteiger partial charge in [-0.25, -0.2) is 0 Å². The zero-order valence-electron chi connectivity index (χ0n) is 17.0. The Morgan fingerprint density at radius 2 is 1.17 bits per heavy atom. The van der Waals surface area contributed by atoms with Crippen LogP contribution in [0.15, 0.2) is 0 Å². The van der Waals surface area contributed by atoms with Crippen molar-refractivity contribution in [2.24, 2.45) is 23.7 Å². The van der Waals surface area contributed by atoms with Gasteiger partial charge in [0.2, 0.25) is 0 Å². The molecule has 0 aromatic heterocycles. The van der Waals surface area contributed by atoms with E-state index in [-0.39, 0.29) is 0 Å². The van der Waals surface area contributed by atoms with Crippen molar-refractivity contribution in [2.45, 2.75) is 129 Å². The van der Waals surface area contributed by atoms with Crippen molar-refractivity contribution in [1.82, 2.24) is 0 Å². The van der Waals surface area contributed by atoms with Gasteiger partial charge in [-0.15, -0.1) is 0 Å². The molecule has 0 aromatic rings. The predicted molar refractivity (Wildman–Crippen MR) is 108 cm³/mol. The zero-order chi connectivity index (χ0) is 17.0. The Kier molecular flexibility index (Phi) is 10.5. The van der Waals surface area contributed by atoms with Crippen LogP contribution < -0.4 is 0 Å². The summed E-state index contributed by atoms with van der Waals surface area (Å²) in [4.78, 5) is 0. The van der Waals surface area contributed by atoms with Crippen LogP contribution in [0.1, 0.15) is 129 Å². The monoisotopic (exact) mass is 334 g/mol. The van der Waals surface area contributed by atoms with E-state index in [1.54, 1.807) is 57.8 Å². The predicted octanol–water partition coefficient (Wildman–Crippen LogP) is 8.54. The molecular weight excluding hydrogens is 288 g/mol. The van der Waals surface area contributed by atoms with E-state index in [4.69, 9.17) is 0 Å². The normalized spacial score (nSPS) is 31.2. The Bertz CT molecular complexity index is 286. The van der Waals surface area contributed by atoms with Crippen LogP contribution in [0.4, 0.5) is 0 Å². The van der Waals surface area contributed by atoms with Gasteiger partial charge in [-0.05, 0) is 42.9 Å². The smallest absolute Gasteiger partial charge is 0.0383 e. The molecule has 0 amide bonds. The van der Waals surface area contributed by atoms with Crippen molar-refractivity contribution in [3.05, 3.63) is 0 Å². The molecule has 0 spiro atoms. The lowest BCUT2D eigenvalue weighted by Crippen LogP contribution is -2.26. The van der Waals surface area contributed by atoms with Gasteiger partial charge in [0.05, 0.1) is 0 Å². The molecule has 2 saturated carbocycles. The van der Waals surface area contributed by atoms with E-state index in [0.29, 0.717) is 0 Å². The van der Waals surface area contributed by atoms with Crippen molar-refractivity contribution < 1.29 is 0 Å². The Balaban J connectivity index is 1.59. The molecular formula is C24H46. The molecule has 2 aliphatic carbocycles. The highest BCUT2D eigenvalue weighted by Crippen LogP contribution is 2.43. The number of rotatable bonds is 11. The second-order valence-corrected chi connectivity index (χ2v) is 9.27. The minimum Gasteiger partial charge on any atom is -0.0654 e. The van der Waals surface area contributed by atoms with E-state index >= 15 is 0 Å². The van der Waals surface area contributed by atoms with Crippen LogP contribution in [0.25, 0.3) is 0 Å². The van der Waals surface area contributed by atoms with Crippen LogP contribution >= 0.6 is 0 Å². The lowest BCUT2D eigenvalue weighted by atomic mass is 9.67. The molecule has 0 aromatic carbocycles. The fourth-order valence-corrected chi connectivity index (χ4v) is 5.69. The van der Waals surface area contributed by atoms with Gasteiger partial charge in [0.1, 0.15) is 0 Å². The average Bonchev–Trinajstić information content (AvgIpc) is 2.63. The quantitative estimate of drug-likeness (QED) is 0.332. The van der Waals surface area contributed by atoms with Crippen molar-refractivity contribution in [3.63, 3.8) is 0 Å². The van der Waals surface area contributed by atoms with E-state index < -0.39 is 0 Å². The molecule has 24 heavy (non-hydrogen) atoms. The van der Waals surface area contributed by atoms with E-state index in [2.05, 4.69) is 13.8 Å². The second-order valence-electron chi connectivity index (χ2n) is 9.27. The molecule has 0 aliphatic heterocycles. The lowest BCUT2D eigenvalue weighted by molar-refractivity contribution is 0.132. The summed E-state index contributed by atoms with van der Waals surface area (Å²) in [5.74, 6) is 4.39. The number of hydrogen-bond donors (Lipinski definition) is 0. The van der Waals surface area contributed by atoms with Gasteiger partial charge < -0.3 is 0 Å². The number of hydrogen-bond acceptors (Lipinski definition) is 0. The molecule has 0 nitrogen and oxygen atoms in total. The summed E-state index contributed by atoms with van der Waals surface area (Å²) in [7, 11) is 0. The molecule has 2 atom stereocenters. The van der Waals surface area contributed by atoms with E-state index in [0.717, 1.165) is 23.7 Å². The van der Waals surface area contributed by atoms with Gasteiger partial charge in [-0.1, -0.05) is 110 Å². The molecule has 0 heterocycles. The fourth-order valence-electron chi connectivity index (χ4n) is 5.69. The molecule has 142 valence electrons. The summed E-state index contributed by atoms with van der Waals surface area (Å²) in [5, 5.41) is 0. The van der Waals surface area contributed by atoms with Crippen molar-refractivity contribution in [1.29, 1.82) is 0 Å². The third-order valence-electron chi connectivity index (χ3n) is 7.31. The number of unbranched alkanes of at least 4 members (excludes halogenated alkanes) is 6. The first-order chi connectivity index (χ1) is 11.8. The van der Waals surface area contributed by atoms with Crippen molar-refractivity contribution in [2.75, 3.05) is 0 Å². The third kappa shape index (κ3) is 7.49. The highest BCUT2D eigenvalue weighted by Gasteiger charge is 2.31. The maximum atomic E-state index is 2.34. The van der Waals surface area contributed by atoms with Crippen LogP contribution in [-0.2, 0) is 0 Å². The van der Waals surface area contributed by atoms with Gasteiger partial charge in [0.25, 0.3) is 0 Å². The van der Waals surface area contributed by atoms with Gasteiger partial charge in [-0.3, -0.25) is 0 Å². The summed E-state index contributed by atoms with van der Waals surface area (Å²) in [6.07, 6.45) is 27.3. The van der Waals surface area contributed by atoms with Crippen LogP contribution in [0.2, 0.25) is 0 Å². The molecule has 0 heteroatoms. The first-order valence-electron chi connectivity index (χ1n) is 11.8. The highest BCUT2D eigenvalue weighted by atomic mass is 14.4. The standard InChI is InChI=1S/C24H46/c1-3-5-7-8-10-12-21-16-18-23(19-17-21)24-15-11-14-22(20-24)13-9-6-4-2/h21-24H,3-20H2,1-2H3/t21?,22-,23?,24-/m1/s1. The molecule has 0 saturated heterocycles. The van der Waals surface area contributed by atoms with Gasteiger partial charge in [0.15, 0.2) is 0 Å². The summed E-state index contributed by atoms with van der Waals surface area (Å²) < 4.78 is 0. The largest absolute Gasteiger partial charge is 0.0654 e. The van der Waals surface area contributed by atoms with Gasteiger partial charge in [-0.2, -0.15) is 0 Å². The molecule has 0 radical (unpaired) electrons. The summed E-state index contributed by atoms with van der Waals surface area (Å²) in [6.45, 7) is 4.66. The molecule has 2 aliphatic rings. The minimum absolute atomic E-state index is 1.09. The molecule has 0 N–H and O–H groups in total. The van der Waals surface area contributed by atoms with Gasteiger partial charge in [0, 0.05) is 0 Å². The molecule has 2 fully saturated rings. The maximum absolute atomic E-state index is 2.34. The highest BCUT2D eigenvalue weighted by molar-refractivity contribution is 4.82. The Morgan fingerprint density at radius 3 is 1.92 bits per heavy atom. The summed E-state index contributed by atoms with van der Waals surface area (Å²) >= 11 is 0. The zero-order valence-corrected chi connectivity index (χ0v) is 17.0. The topological polar surface area (TPSA) is 0 Å². The minimum atomic E-state index is 1.09.